The first kappa shape index (κ1) is 20.4. The molecule has 2 N–H and O–H groups in total. The fourth-order valence-corrected chi connectivity index (χ4v) is 3.24. The van der Waals surface area contributed by atoms with Crippen LogP contribution < -0.4 is 15.4 Å². The fourth-order valence-electron chi connectivity index (χ4n) is 3.24. The van der Waals surface area contributed by atoms with Crippen LogP contribution in [0.4, 0.5) is 5.82 Å². The summed E-state index contributed by atoms with van der Waals surface area (Å²) in [7, 11) is 1.57. The van der Waals surface area contributed by atoms with Crippen LogP contribution in [0.25, 0.3) is 16.8 Å². The zero-order valence-electron chi connectivity index (χ0n) is 17.9. The molecule has 0 saturated carbocycles. The first-order valence-electron chi connectivity index (χ1n) is 9.93. The highest BCUT2D eigenvalue weighted by Crippen LogP contribution is 2.28. The first-order chi connectivity index (χ1) is 15.0. The monoisotopic (exact) mass is 420 g/mol. The summed E-state index contributed by atoms with van der Waals surface area (Å²) in [5, 5.41) is 19.7. The van der Waals surface area contributed by atoms with Gasteiger partial charge in [-0.2, -0.15) is 5.10 Å². The smallest absolute Gasteiger partial charge is 0.287 e. The number of rotatable bonds is 7. The Labute approximate surface area is 179 Å². The second-order valence-electron chi connectivity index (χ2n) is 7.16. The summed E-state index contributed by atoms with van der Waals surface area (Å²) in [5.74, 6) is 1.82. The minimum atomic E-state index is -0.290. The molecule has 3 heterocycles. The van der Waals surface area contributed by atoms with E-state index in [0.717, 1.165) is 22.3 Å². The van der Waals surface area contributed by atoms with Gasteiger partial charge >= 0.3 is 0 Å². The van der Waals surface area contributed by atoms with Crippen LogP contribution in [0.15, 0.2) is 40.8 Å². The van der Waals surface area contributed by atoms with Crippen molar-refractivity contribution >= 4 is 22.7 Å². The number of para-hydroxylation sites is 1. The molecule has 0 aliphatic heterocycles. The van der Waals surface area contributed by atoms with Gasteiger partial charge in [-0.05, 0) is 50.6 Å². The van der Waals surface area contributed by atoms with E-state index in [0.29, 0.717) is 36.1 Å². The first-order valence-corrected chi connectivity index (χ1v) is 9.93. The van der Waals surface area contributed by atoms with Gasteiger partial charge in [0.25, 0.3) is 5.91 Å². The van der Waals surface area contributed by atoms with Gasteiger partial charge in [0.15, 0.2) is 22.9 Å². The molecule has 9 nitrogen and oxygen atoms in total. The van der Waals surface area contributed by atoms with Crippen LogP contribution >= 0.6 is 0 Å². The summed E-state index contributed by atoms with van der Waals surface area (Å²) < 4.78 is 12.7. The van der Waals surface area contributed by atoms with Gasteiger partial charge in [-0.3, -0.25) is 4.79 Å². The van der Waals surface area contributed by atoms with Crippen LogP contribution in [0.5, 0.6) is 5.75 Å². The Kier molecular flexibility index (Phi) is 5.57. The molecule has 0 saturated heterocycles. The lowest BCUT2D eigenvalue weighted by atomic mass is 10.2. The molecular weight excluding hydrogens is 396 g/mol. The SMILES string of the molecule is COc1cccc2cc(C(=O)NCCNc3ccc(-n4nc(C)c(C)c4C)nn3)oc12. The summed E-state index contributed by atoms with van der Waals surface area (Å²) in [6, 6.07) is 10.9. The molecule has 0 radical (unpaired) electrons. The van der Waals surface area contributed by atoms with Gasteiger partial charge in [0, 0.05) is 24.2 Å². The number of benzene rings is 1. The molecule has 0 fully saturated rings. The number of hydrogen-bond acceptors (Lipinski definition) is 7. The molecule has 9 heteroatoms. The van der Waals surface area contributed by atoms with Crippen molar-refractivity contribution in [1.29, 1.82) is 0 Å². The predicted octanol–water partition coefficient (Wildman–Crippen LogP) is 3.18. The molecule has 0 aliphatic rings. The average molecular weight is 420 g/mol. The molecule has 0 atom stereocenters. The number of furan rings is 1. The predicted molar refractivity (Wildman–Crippen MR) is 117 cm³/mol. The lowest BCUT2D eigenvalue weighted by Crippen LogP contribution is -2.28. The van der Waals surface area contributed by atoms with Gasteiger partial charge in [0.1, 0.15) is 5.82 Å². The topological polar surface area (TPSA) is 107 Å². The summed E-state index contributed by atoms with van der Waals surface area (Å²) in [4.78, 5) is 12.4. The third-order valence-corrected chi connectivity index (χ3v) is 5.19. The Bertz CT molecular complexity index is 1230. The lowest BCUT2D eigenvalue weighted by Gasteiger charge is -2.07. The lowest BCUT2D eigenvalue weighted by molar-refractivity contribution is 0.0929. The van der Waals surface area contributed by atoms with Gasteiger partial charge < -0.3 is 19.8 Å². The van der Waals surface area contributed by atoms with E-state index in [1.807, 2.05) is 45.0 Å². The second-order valence-corrected chi connectivity index (χ2v) is 7.16. The maximum Gasteiger partial charge on any atom is 0.287 e. The van der Waals surface area contributed by atoms with Gasteiger partial charge in [-0.15, -0.1) is 10.2 Å². The Morgan fingerprint density at radius 2 is 1.97 bits per heavy atom. The number of anilines is 1. The zero-order valence-corrected chi connectivity index (χ0v) is 17.9. The maximum absolute atomic E-state index is 12.4. The Balaban J connectivity index is 1.31. The molecule has 3 aromatic heterocycles. The van der Waals surface area contributed by atoms with E-state index in [2.05, 4.69) is 25.9 Å². The quantitative estimate of drug-likeness (QED) is 0.442. The van der Waals surface area contributed by atoms with E-state index in [-0.39, 0.29) is 11.7 Å². The van der Waals surface area contributed by atoms with Crippen molar-refractivity contribution in [2.24, 2.45) is 0 Å². The van der Waals surface area contributed by atoms with E-state index in [9.17, 15) is 4.79 Å². The number of nitrogens with one attached hydrogen (secondary N) is 2. The third-order valence-electron chi connectivity index (χ3n) is 5.19. The molecule has 0 unspecified atom stereocenters. The van der Waals surface area contributed by atoms with Crippen LogP contribution in [0, 0.1) is 20.8 Å². The van der Waals surface area contributed by atoms with Gasteiger partial charge in [0.05, 0.1) is 12.8 Å². The Morgan fingerprint density at radius 3 is 2.65 bits per heavy atom. The molecule has 0 aliphatic carbocycles. The Hall–Kier alpha value is -3.88. The summed E-state index contributed by atoms with van der Waals surface area (Å²) in [5.41, 5.74) is 3.71. The van der Waals surface area contributed by atoms with Crippen molar-refractivity contribution < 1.29 is 13.9 Å². The molecule has 4 rings (SSSR count). The highest BCUT2D eigenvalue weighted by atomic mass is 16.5. The fraction of sp³-hybridized carbons (Fsp3) is 0.273. The Morgan fingerprint density at radius 1 is 1.13 bits per heavy atom. The largest absolute Gasteiger partial charge is 0.493 e. The minimum absolute atomic E-state index is 0.240. The van der Waals surface area contributed by atoms with Gasteiger partial charge in [-0.1, -0.05) is 12.1 Å². The highest BCUT2D eigenvalue weighted by molar-refractivity contribution is 5.97. The van der Waals surface area contributed by atoms with E-state index in [1.165, 1.54) is 0 Å². The van der Waals surface area contributed by atoms with Crippen molar-refractivity contribution in [2.45, 2.75) is 20.8 Å². The van der Waals surface area contributed by atoms with Gasteiger partial charge in [-0.25, -0.2) is 4.68 Å². The summed E-state index contributed by atoms with van der Waals surface area (Å²) in [6.07, 6.45) is 0. The number of carbonyl (C=O) groups excluding carboxylic acids is 1. The summed E-state index contributed by atoms with van der Waals surface area (Å²) >= 11 is 0. The molecule has 31 heavy (non-hydrogen) atoms. The summed E-state index contributed by atoms with van der Waals surface area (Å²) in [6.45, 7) is 6.89. The van der Waals surface area contributed by atoms with Crippen molar-refractivity contribution in [3.63, 3.8) is 0 Å². The van der Waals surface area contributed by atoms with E-state index in [1.54, 1.807) is 23.9 Å². The number of aromatic nitrogens is 4. The molecule has 1 aromatic carbocycles. The number of aryl methyl sites for hydroxylation is 1. The van der Waals surface area contributed by atoms with Crippen LogP contribution in [-0.4, -0.2) is 46.1 Å². The normalized spacial score (nSPS) is 11.0. The van der Waals surface area contributed by atoms with Crippen molar-refractivity contribution in [1.82, 2.24) is 25.3 Å². The minimum Gasteiger partial charge on any atom is -0.493 e. The third kappa shape index (κ3) is 4.07. The van der Waals surface area contributed by atoms with Crippen LogP contribution in [0.2, 0.25) is 0 Å². The van der Waals surface area contributed by atoms with E-state index >= 15 is 0 Å². The molecule has 160 valence electrons. The van der Waals surface area contributed by atoms with Crippen molar-refractivity contribution in [3.05, 3.63) is 59.1 Å². The average Bonchev–Trinajstić information content (AvgIpc) is 3.34. The number of ether oxygens (including phenoxy) is 1. The van der Waals surface area contributed by atoms with Gasteiger partial charge in [0.2, 0.25) is 0 Å². The van der Waals surface area contributed by atoms with Crippen LogP contribution in [0.3, 0.4) is 0 Å². The number of nitrogens with zero attached hydrogens (tertiary/aromatic N) is 4. The molecule has 4 aromatic rings. The number of amides is 1. The zero-order chi connectivity index (χ0) is 22.0. The number of hydrogen-bond donors (Lipinski definition) is 2. The molecule has 0 spiro atoms. The highest BCUT2D eigenvalue weighted by Gasteiger charge is 2.14. The molecule has 0 bridgehead atoms. The van der Waals surface area contributed by atoms with Crippen molar-refractivity contribution in [2.75, 3.05) is 25.5 Å². The van der Waals surface area contributed by atoms with Crippen LogP contribution in [0.1, 0.15) is 27.5 Å². The molecule has 1 amide bonds. The number of fused-ring (bicyclic) bond motifs is 1. The second kappa shape index (κ2) is 8.47. The van der Waals surface area contributed by atoms with Crippen LogP contribution in [-0.2, 0) is 0 Å². The van der Waals surface area contributed by atoms with Crippen molar-refractivity contribution in [3.8, 4) is 11.6 Å². The maximum atomic E-state index is 12.4. The van der Waals surface area contributed by atoms with E-state index in [4.69, 9.17) is 9.15 Å². The number of carbonyl (C=O) groups is 1. The number of methoxy groups -OCH3 is 1. The standard InChI is InChI=1S/C22H24N6O3/c1-13-14(2)27-28(15(13)3)20-9-8-19(25-26-20)23-10-11-24-22(29)18-12-16-6-5-7-17(30-4)21(16)31-18/h5-9,12H,10-11H2,1-4H3,(H,23,25)(H,24,29). The van der Waals surface area contributed by atoms with E-state index < -0.39 is 0 Å². The molecular formula is C22H24N6O3.